The minimum Gasteiger partial charge on any atom is -0.298 e. The Balaban J connectivity index is 2.16. The average molecular weight is 195 g/mol. The predicted molar refractivity (Wildman–Crippen MR) is 61.4 cm³/mol. The summed E-state index contributed by atoms with van der Waals surface area (Å²) in [6.45, 7) is 9.67. The van der Waals surface area contributed by atoms with Crippen LogP contribution in [0.1, 0.15) is 53.4 Å². The smallest absolute Gasteiger partial charge is 0.0156 e. The van der Waals surface area contributed by atoms with Crippen LogP contribution in [0.3, 0.4) is 0 Å². The highest BCUT2D eigenvalue weighted by atomic mass is 15.2. The Morgan fingerprint density at radius 2 is 1.71 bits per heavy atom. The molecule has 2 rings (SSSR count). The fourth-order valence-electron chi connectivity index (χ4n) is 3.53. The van der Waals surface area contributed by atoms with Crippen molar-refractivity contribution in [1.82, 2.24) is 4.90 Å². The molecule has 1 heteroatoms. The molecule has 1 aliphatic heterocycles. The second-order valence-electron chi connectivity index (χ2n) is 6.86. The normalized spacial score (nSPS) is 40.9. The summed E-state index contributed by atoms with van der Waals surface area (Å²) < 4.78 is 0. The predicted octanol–water partition coefficient (Wildman–Crippen LogP) is 3.30. The maximum atomic E-state index is 2.64. The molecule has 0 aromatic heterocycles. The monoisotopic (exact) mass is 195 g/mol. The zero-order valence-corrected chi connectivity index (χ0v) is 10.4. The zero-order valence-electron chi connectivity index (χ0n) is 10.4. The molecule has 1 saturated carbocycles. The highest BCUT2D eigenvalue weighted by molar-refractivity contribution is 5.02. The van der Waals surface area contributed by atoms with Crippen molar-refractivity contribution in [1.29, 1.82) is 0 Å². The maximum Gasteiger partial charge on any atom is 0.0156 e. The van der Waals surface area contributed by atoms with Crippen LogP contribution in [0.15, 0.2) is 0 Å². The summed E-state index contributed by atoms with van der Waals surface area (Å²) in [4.78, 5) is 2.64. The summed E-state index contributed by atoms with van der Waals surface area (Å²) in [6, 6.07) is 0.855. The van der Waals surface area contributed by atoms with Crippen LogP contribution in [0.5, 0.6) is 0 Å². The molecule has 1 heterocycles. The molecule has 1 saturated heterocycles. The number of hydrogen-bond acceptors (Lipinski definition) is 1. The topological polar surface area (TPSA) is 3.24 Å². The van der Waals surface area contributed by atoms with Gasteiger partial charge < -0.3 is 0 Å². The quantitative estimate of drug-likeness (QED) is 0.573. The van der Waals surface area contributed by atoms with Crippen LogP contribution in [-0.4, -0.2) is 23.5 Å². The number of likely N-dealkylation sites (tertiary alicyclic amines) is 1. The maximum absolute atomic E-state index is 2.64. The lowest BCUT2D eigenvalue weighted by Gasteiger charge is -2.41. The van der Waals surface area contributed by atoms with Gasteiger partial charge in [0.05, 0.1) is 0 Å². The van der Waals surface area contributed by atoms with Crippen molar-refractivity contribution in [2.75, 3.05) is 7.05 Å². The minimum absolute atomic E-state index is 0.440. The van der Waals surface area contributed by atoms with Crippen molar-refractivity contribution in [2.45, 2.75) is 65.0 Å². The lowest BCUT2D eigenvalue weighted by Crippen LogP contribution is -2.43. The fourth-order valence-corrected chi connectivity index (χ4v) is 3.53. The molecule has 0 spiro atoms. The third-order valence-electron chi connectivity index (χ3n) is 4.71. The molecule has 2 unspecified atom stereocenters. The van der Waals surface area contributed by atoms with Crippen molar-refractivity contribution >= 4 is 0 Å². The van der Waals surface area contributed by atoms with Gasteiger partial charge in [0.25, 0.3) is 0 Å². The van der Waals surface area contributed by atoms with Crippen LogP contribution in [0.25, 0.3) is 0 Å². The Labute approximate surface area is 88.9 Å². The van der Waals surface area contributed by atoms with Gasteiger partial charge in [0.1, 0.15) is 0 Å². The first-order valence-electron chi connectivity index (χ1n) is 6.05. The molecule has 82 valence electrons. The van der Waals surface area contributed by atoms with Gasteiger partial charge in [0.2, 0.25) is 0 Å². The molecule has 0 amide bonds. The van der Waals surface area contributed by atoms with Gasteiger partial charge in [-0.05, 0) is 57.9 Å². The molecule has 0 radical (unpaired) electrons. The third kappa shape index (κ3) is 1.60. The molecule has 1 aliphatic carbocycles. The zero-order chi connectivity index (χ0) is 10.6. The highest BCUT2D eigenvalue weighted by Gasteiger charge is 2.47. The van der Waals surface area contributed by atoms with Gasteiger partial charge in [-0.15, -0.1) is 0 Å². The molecular formula is C13H25N. The van der Waals surface area contributed by atoms with Crippen LogP contribution >= 0.6 is 0 Å². The van der Waals surface area contributed by atoms with Crippen molar-refractivity contribution in [2.24, 2.45) is 11.3 Å². The summed E-state index contributed by atoms with van der Waals surface area (Å²) in [6.07, 6.45) is 5.69. The fraction of sp³-hybridized carbons (Fsp3) is 1.00. The number of rotatable bonds is 0. The molecule has 0 bridgehead atoms. The van der Waals surface area contributed by atoms with E-state index in [2.05, 4.69) is 39.6 Å². The van der Waals surface area contributed by atoms with E-state index in [-0.39, 0.29) is 0 Å². The van der Waals surface area contributed by atoms with E-state index in [1.165, 1.54) is 25.7 Å². The van der Waals surface area contributed by atoms with Gasteiger partial charge in [-0.2, -0.15) is 0 Å². The van der Waals surface area contributed by atoms with Crippen molar-refractivity contribution < 1.29 is 0 Å². The minimum atomic E-state index is 0.440. The van der Waals surface area contributed by atoms with Gasteiger partial charge in [-0.25, -0.2) is 0 Å². The number of hydrogen-bond donors (Lipinski definition) is 0. The summed E-state index contributed by atoms with van der Waals surface area (Å²) >= 11 is 0. The first kappa shape index (κ1) is 10.5. The molecular weight excluding hydrogens is 170 g/mol. The lowest BCUT2D eigenvalue weighted by molar-refractivity contribution is 0.0888. The van der Waals surface area contributed by atoms with Crippen LogP contribution in [0.4, 0.5) is 0 Å². The summed E-state index contributed by atoms with van der Waals surface area (Å²) in [5.41, 5.74) is 1.02. The molecule has 0 N–H and O–H groups in total. The van der Waals surface area contributed by atoms with Gasteiger partial charge in [0.15, 0.2) is 0 Å². The molecule has 1 nitrogen and oxygen atoms in total. The van der Waals surface area contributed by atoms with E-state index in [4.69, 9.17) is 0 Å². The van der Waals surface area contributed by atoms with Crippen molar-refractivity contribution in [3.63, 3.8) is 0 Å². The first-order valence-corrected chi connectivity index (χ1v) is 6.05. The Hall–Kier alpha value is -0.0400. The van der Waals surface area contributed by atoms with Crippen LogP contribution < -0.4 is 0 Å². The molecule has 14 heavy (non-hydrogen) atoms. The van der Waals surface area contributed by atoms with Crippen LogP contribution in [0, 0.1) is 11.3 Å². The van der Waals surface area contributed by atoms with E-state index in [1.54, 1.807) is 0 Å². The first-order chi connectivity index (χ1) is 6.32. The summed E-state index contributed by atoms with van der Waals surface area (Å²) in [5, 5.41) is 0. The van der Waals surface area contributed by atoms with E-state index < -0.39 is 0 Å². The van der Waals surface area contributed by atoms with Gasteiger partial charge in [-0.1, -0.05) is 13.8 Å². The SMILES string of the molecule is CN1C2CC(C)(C)CCC2CC1(C)C. The molecule has 2 fully saturated rings. The molecule has 2 atom stereocenters. The van der Waals surface area contributed by atoms with Gasteiger partial charge >= 0.3 is 0 Å². The van der Waals surface area contributed by atoms with E-state index >= 15 is 0 Å². The van der Waals surface area contributed by atoms with E-state index in [0.717, 1.165) is 12.0 Å². The Bertz CT molecular complexity index is 229. The standard InChI is InChI=1S/C13H25N/c1-12(2)7-6-10-8-13(3,4)14(5)11(10)9-12/h10-11H,6-9H2,1-5H3. The largest absolute Gasteiger partial charge is 0.298 e. The Morgan fingerprint density at radius 3 is 2.36 bits per heavy atom. The van der Waals surface area contributed by atoms with E-state index in [1.807, 2.05) is 0 Å². The molecule has 0 aromatic carbocycles. The highest BCUT2D eigenvalue weighted by Crippen LogP contribution is 2.49. The van der Waals surface area contributed by atoms with Gasteiger partial charge in [0, 0.05) is 11.6 Å². The van der Waals surface area contributed by atoms with Crippen LogP contribution in [-0.2, 0) is 0 Å². The second-order valence-corrected chi connectivity index (χ2v) is 6.86. The number of fused-ring (bicyclic) bond motifs is 1. The van der Waals surface area contributed by atoms with E-state index in [9.17, 15) is 0 Å². The van der Waals surface area contributed by atoms with Crippen molar-refractivity contribution in [3.05, 3.63) is 0 Å². The number of nitrogens with zero attached hydrogens (tertiary/aromatic N) is 1. The molecule has 2 aliphatic rings. The summed E-state index contributed by atoms with van der Waals surface area (Å²) in [5.74, 6) is 0.975. The van der Waals surface area contributed by atoms with Gasteiger partial charge in [-0.3, -0.25) is 4.90 Å². The van der Waals surface area contributed by atoms with E-state index in [0.29, 0.717) is 11.0 Å². The Kier molecular flexibility index (Phi) is 2.23. The van der Waals surface area contributed by atoms with Crippen LogP contribution in [0.2, 0.25) is 0 Å². The summed E-state index contributed by atoms with van der Waals surface area (Å²) in [7, 11) is 2.33. The molecule has 0 aromatic rings. The average Bonchev–Trinajstić information content (AvgIpc) is 2.25. The second kappa shape index (κ2) is 2.98. The lowest BCUT2D eigenvalue weighted by atomic mass is 9.70. The Morgan fingerprint density at radius 1 is 1.07 bits per heavy atom. The van der Waals surface area contributed by atoms with Crippen molar-refractivity contribution in [3.8, 4) is 0 Å². The third-order valence-corrected chi connectivity index (χ3v) is 4.71.